The molecule has 2 amide bonds. The van der Waals surface area contributed by atoms with Crippen LogP contribution < -0.4 is 0 Å². The molecule has 1 fully saturated rings. The van der Waals surface area contributed by atoms with Gasteiger partial charge in [0.25, 0.3) is 16.8 Å². The Morgan fingerprint density at radius 2 is 1.81 bits per heavy atom. The van der Waals surface area contributed by atoms with Crippen molar-refractivity contribution >= 4 is 73.8 Å². The number of carbonyl (C=O) groups is 2. The average molecular weight is 488 g/mol. The first-order chi connectivity index (χ1) is 12.8. The van der Waals surface area contributed by atoms with E-state index in [1.807, 2.05) is 12.1 Å². The molecule has 1 aliphatic heterocycles. The molecule has 2 aromatic carbocycles. The van der Waals surface area contributed by atoms with Crippen molar-refractivity contribution in [2.75, 3.05) is 0 Å². The zero-order valence-electron chi connectivity index (χ0n) is 13.3. The smallest absolute Gasteiger partial charge is 0.268 e. The van der Waals surface area contributed by atoms with Crippen LogP contribution in [0.1, 0.15) is 11.1 Å². The fourth-order valence-electron chi connectivity index (χ4n) is 2.35. The number of benzene rings is 2. The SMILES string of the molecule is O=C1S/C(=C\c2cc([N+](=O)[O-])c(Cl)cc2Cl)C(=O)N1Cc1ccc(Br)cc1. The summed E-state index contributed by atoms with van der Waals surface area (Å²) < 4.78 is 0.888. The molecule has 0 aliphatic carbocycles. The number of imide groups is 1. The summed E-state index contributed by atoms with van der Waals surface area (Å²) in [6.45, 7) is 0.129. The first-order valence-electron chi connectivity index (χ1n) is 7.39. The number of hydrogen-bond donors (Lipinski definition) is 0. The lowest BCUT2D eigenvalue weighted by Crippen LogP contribution is -2.27. The highest BCUT2D eigenvalue weighted by Gasteiger charge is 2.35. The third-order valence-electron chi connectivity index (χ3n) is 3.68. The summed E-state index contributed by atoms with van der Waals surface area (Å²) >= 11 is 16.0. The first-order valence-corrected chi connectivity index (χ1v) is 9.76. The maximum atomic E-state index is 12.6. The summed E-state index contributed by atoms with van der Waals surface area (Å²) in [6.07, 6.45) is 1.36. The molecule has 0 aromatic heterocycles. The highest BCUT2D eigenvalue weighted by molar-refractivity contribution is 9.10. The van der Waals surface area contributed by atoms with E-state index in [0.717, 1.165) is 26.7 Å². The molecule has 0 spiro atoms. The summed E-state index contributed by atoms with van der Waals surface area (Å²) in [5.74, 6) is -0.485. The zero-order valence-corrected chi connectivity index (χ0v) is 17.2. The van der Waals surface area contributed by atoms with E-state index in [-0.39, 0.29) is 32.7 Å². The van der Waals surface area contributed by atoms with Gasteiger partial charge in [0.15, 0.2) is 0 Å². The Bertz CT molecular complexity index is 995. The van der Waals surface area contributed by atoms with Crippen LogP contribution in [0.15, 0.2) is 45.8 Å². The third-order valence-corrected chi connectivity index (χ3v) is 5.74. The van der Waals surface area contributed by atoms with Gasteiger partial charge in [-0.05, 0) is 41.6 Å². The molecule has 0 N–H and O–H groups in total. The van der Waals surface area contributed by atoms with E-state index in [0.29, 0.717) is 0 Å². The molecule has 3 rings (SSSR count). The van der Waals surface area contributed by atoms with Crippen molar-refractivity contribution in [2.45, 2.75) is 6.54 Å². The largest absolute Gasteiger partial charge is 0.293 e. The summed E-state index contributed by atoms with van der Waals surface area (Å²) in [5, 5.41) is 10.7. The Hall–Kier alpha value is -1.87. The Morgan fingerprint density at radius 1 is 1.15 bits per heavy atom. The van der Waals surface area contributed by atoms with Crippen LogP contribution in [0.3, 0.4) is 0 Å². The fourth-order valence-corrected chi connectivity index (χ4v) is 3.95. The van der Waals surface area contributed by atoms with Crippen LogP contribution in [0.5, 0.6) is 0 Å². The molecule has 10 heteroatoms. The molecule has 6 nitrogen and oxygen atoms in total. The highest BCUT2D eigenvalue weighted by atomic mass is 79.9. The van der Waals surface area contributed by atoms with Gasteiger partial charge < -0.3 is 0 Å². The number of nitro benzene ring substituents is 1. The van der Waals surface area contributed by atoms with Crippen LogP contribution in [-0.2, 0) is 11.3 Å². The Labute approximate surface area is 176 Å². The van der Waals surface area contributed by atoms with Gasteiger partial charge >= 0.3 is 0 Å². The number of nitro groups is 1. The molecular formula is C17H9BrCl2N2O4S. The van der Waals surface area contributed by atoms with Crippen molar-refractivity contribution in [3.8, 4) is 0 Å². The molecule has 1 saturated heterocycles. The van der Waals surface area contributed by atoms with Crippen LogP contribution in [0.25, 0.3) is 6.08 Å². The number of amides is 2. The minimum atomic E-state index is -0.644. The fraction of sp³-hybridized carbons (Fsp3) is 0.0588. The van der Waals surface area contributed by atoms with E-state index >= 15 is 0 Å². The van der Waals surface area contributed by atoms with Gasteiger partial charge in [0, 0.05) is 21.1 Å². The van der Waals surface area contributed by atoms with Crippen molar-refractivity contribution in [1.29, 1.82) is 0 Å². The summed E-state index contributed by atoms with van der Waals surface area (Å²) in [7, 11) is 0. The topological polar surface area (TPSA) is 80.5 Å². The molecule has 0 radical (unpaired) electrons. The molecule has 27 heavy (non-hydrogen) atoms. The van der Waals surface area contributed by atoms with Crippen molar-refractivity contribution in [3.63, 3.8) is 0 Å². The predicted octanol–water partition coefficient (Wildman–Crippen LogP) is 5.90. The lowest BCUT2D eigenvalue weighted by molar-refractivity contribution is -0.384. The van der Waals surface area contributed by atoms with Crippen molar-refractivity contribution < 1.29 is 14.5 Å². The average Bonchev–Trinajstić information content (AvgIpc) is 2.86. The Morgan fingerprint density at radius 3 is 2.44 bits per heavy atom. The lowest BCUT2D eigenvalue weighted by atomic mass is 10.1. The van der Waals surface area contributed by atoms with Gasteiger partial charge in [0.1, 0.15) is 5.02 Å². The molecule has 0 bridgehead atoms. The lowest BCUT2D eigenvalue weighted by Gasteiger charge is -2.12. The second-order valence-electron chi connectivity index (χ2n) is 5.48. The van der Waals surface area contributed by atoms with E-state index < -0.39 is 16.1 Å². The molecule has 2 aromatic rings. The van der Waals surface area contributed by atoms with Gasteiger partial charge in [-0.2, -0.15) is 0 Å². The molecule has 0 saturated carbocycles. The van der Waals surface area contributed by atoms with E-state index in [1.165, 1.54) is 18.2 Å². The van der Waals surface area contributed by atoms with Gasteiger partial charge in [-0.3, -0.25) is 24.6 Å². The summed E-state index contributed by atoms with van der Waals surface area (Å²) in [5.41, 5.74) is 0.699. The van der Waals surface area contributed by atoms with Crippen LogP contribution >= 0.6 is 50.9 Å². The normalized spacial score (nSPS) is 15.7. The maximum Gasteiger partial charge on any atom is 0.293 e. The van der Waals surface area contributed by atoms with Crippen LogP contribution in [0.2, 0.25) is 10.0 Å². The van der Waals surface area contributed by atoms with E-state index in [9.17, 15) is 19.7 Å². The van der Waals surface area contributed by atoms with Gasteiger partial charge in [0.2, 0.25) is 0 Å². The zero-order chi connectivity index (χ0) is 19.7. The second kappa shape index (κ2) is 8.02. The van der Waals surface area contributed by atoms with E-state index in [4.69, 9.17) is 23.2 Å². The van der Waals surface area contributed by atoms with Crippen molar-refractivity contribution in [1.82, 2.24) is 4.90 Å². The van der Waals surface area contributed by atoms with Crippen LogP contribution in [0, 0.1) is 10.1 Å². The Kier molecular flexibility index (Phi) is 5.90. The van der Waals surface area contributed by atoms with Gasteiger partial charge in [0.05, 0.1) is 16.4 Å². The number of carbonyl (C=O) groups excluding carboxylic acids is 2. The molecule has 138 valence electrons. The summed E-state index contributed by atoms with van der Waals surface area (Å²) in [6, 6.07) is 9.65. The molecular weight excluding hydrogens is 479 g/mol. The quantitative estimate of drug-likeness (QED) is 0.304. The number of thioether (sulfide) groups is 1. The van der Waals surface area contributed by atoms with Gasteiger partial charge in [-0.25, -0.2) is 0 Å². The van der Waals surface area contributed by atoms with Gasteiger partial charge in [-0.15, -0.1) is 0 Å². The third kappa shape index (κ3) is 4.35. The first kappa shape index (κ1) is 19.9. The van der Waals surface area contributed by atoms with Crippen LogP contribution in [-0.4, -0.2) is 21.0 Å². The molecule has 0 atom stereocenters. The number of nitrogens with zero attached hydrogens (tertiary/aromatic N) is 2. The summed E-state index contributed by atoms with van der Waals surface area (Å²) in [4.78, 5) is 36.5. The molecule has 1 aliphatic rings. The number of rotatable bonds is 4. The van der Waals surface area contributed by atoms with Crippen molar-refractivity contribution in [3.05, 3.63) is 77.1 Å². The monoisotopic (exact) mass is 486 g/mol. The highest BCUT2D eigenvalue weighted by Crippen LogP contribution is 2.37. The second-order valence-corrected chi connectivity index (χ2v) is 8.20. The number of hydrogen-bond acceptors (Lipinski definition) is 5. The van der Waals surface area contributed by atoms with Crippen LogP contribution in [0.4, 0.5) is 10.5 Å². The molecule has 0 unspecified atom stereocenters. The minimum absolute atomic E-state index is 0.106. The maximum absolute atomic E-state index is 12.6. The minimum Gasteiger partial charge on any atom is -0.268 e. The van der Waals surface area contributed by atoms with E-state index in [1.54, 1.807) is 12.1 Å². The van der Waals surface area contributed by atoms with Crippen molar-refractivity contribution in [2.24, 2.45) is 0 Å². The number of halogens is 3. The van der Waals surface area contributed by atoms with E-state index in [2.05, 4.69) is 15.9 Å². The standard InChI is InChI=1S/C17H9BrCl2N2O4S/c18-11-3-1-9(2-4-11)8-21-16(23)15(27-17(21)24)6-10-5-14(22(25)26)13(20)7-12(10)19/h1-7H,8H2/b15-6-. The van der Waals surface area contributed by atoms with Gasteiger partial charge in [-0.1, -0.05) is 51.3 Å². The molecule has 1 heterocycles. The Balaban J connectivity index is 1.89. The predicted molar refractivity (Wildman–Crippen MR) is 109 cm³/mol.